The van der Waals surface area contributed by atoms with Crippen LogP contribution in [0, 0.1) is 0 Å². The van der Waals surface area contributed by atoms with Gasteiger partial charge in [-0.15, -0.1) is 0 Å². The van der Waals surface area contributed by atoms with E-state index in [-0.39, 0.29) is 0 Å². The summed E-state index contributed by atoms with van der Waals surface area (Å²) >= 11 is 6.11. The highest BCUT2D eigenvalue weighted by molar-refractivity contribution is 6.30. The van der Waals surface area contributed by atoms with Crippen molar-refractivity contribution < 1.29 is 0 Å². The zero-order valence-corrected chi connectivity index (χ0v) is 13.5. The first-order chi connectivity index (χ1) is 10.8. The van der Waals surface area contributed by atoms with Crippen LogP contribution in [0.1, 0.15) is 11.1 Å². The molecule has 0 bridgehead atoms. The Kier molecular flexibility index (Phi) is 3.81. The Balaban J connectivity index is 1.39. The molecule has 1 aliphatic carbocycles. The average Bonchev–Trinajstić information content (AvgIpc) is 2.99. The van der Waals surface area contributed by atoms with Crippen LogP contribution in [0.3, 0.4) is 0 Å². The molecule has 1 heterocycles. The van der Waals surface area contributed by atoms with E-state index in [4.69, 9.17) is 11.6 Å². The number of piperazine rings is 1. The van der Waals surface area contributed by atoms with Crippen molar-refractivity contribution in [1.29, 1.82) is 0 Å². The fourth-order valence-electron chi connectivity index (χ4n) is 3.81. The molecule has 22 heavy (non-hydrogen) atoms. The highest BCUT2D eigenvalue weighted by Gasteiger charge is 2.29. The van der Waals surface area contributed by atoms with Gasteiger partial charge in [-0.25, -0.2) is 0 Å². The monoisotopic (exact) mass is 312 g/mol. The van der Waals surface area contributed by atoms with E-state index in [0.29, 0.717) is 6.04 Å². The number of benzene rings is 2. The molecule has 4 rings (SSSR count). The molecule has 0 radical (unpaired) electrons. The number of anilines is 1. The van der Waals surface area contributed by atoms with Crippen LogP contribution >= 0.6 is 11.6 Å². The summed E-state index contributed by atoms with van der Waals surface area (Å²) < 4.78 is 0. The van der Waals surface area contributed by atoms with Crippen molar-refractivity contribution in [3.05, 3.63) is 64.7 Å². The van der Waals surface area contributed by atoms with Crippen LogP contribution < -0.4 is 4.90 Å². The van der Waals surface area contributed by atoms with E-state index in [1.54, 1.807) is 11.1 Å². The standard InChI is InChI=1S/C19H21ClN2/c20-17-6-3-7-18(14-17)21-8-10-22(11-9-21)19-12-15-4-1-2-5-16(15)13-19/h1-7,14,19H,8-13H2. The second kappa shape index (κ2) is 5.94. The van der Waals surface area contributed by atoms with Gasteiger partial charge in [0.2, 0.25) is 0 Å². The number of hydrogen-bond acceptors (Lipinski definition) is 2. The maximum atomic E-state index is 6.11. The third kappa shape index (κ3) is 2.73. The molecule has 2 aromatic rings. The lowest BCUT2D eigenvalue weighted by Crippen LogP contribution is -2.50. The number of hydrogen-bond donors (Lipinski definition) is 0. The molecule has 0 aromatic heterocycles. The van der Waals surface area contributed by atoms with Gasteiger partial charge in [-0.2, -0.15) is 0 Å². The Labute approximate surface area is 137 Å². The second-order valence-electron chi connectivity index (χ2n) is 6.33. The Morgan fingerprint density at radius 2 is 1.50 bits per heavy atom. The van der Waals surface area contributed by atoms with E-state index < -0.39 is 0 Å². The minimum Gasteiger partial charge on any atom is -0.369 e. The summed E-state index contributed by atoms with van der Waals surface area (Å²) in [6, 6.07) is 17.8. The van der Waals surface area contributed by atoms with E-state index in [1.807, 2.05) is 12.1 Å². The van der Waals surface area contributed by atoms with Crippen LogP contribution in [0.5, 0.6) is 0 Å². The normalized spacial score (nSPS) is 19.4. The summed E-state index contributed by atoms with van der Waals surface area (Å²) in [5.74, 6) is 0. The fraction of sp³-hybridized carbons (Fsp3) is 0.368. The molecule has 1 saturated heterocycles. The van der Waals surface area contributed by atoms with E-state index in [9.17, 15) is 0 Å². The molecule has 0 spiro atoms. The maximum absolute atomic E-state index is 6.11. The third-order valence-electron chi connectivity index (χ3n) is 5.03. The van der Waals surface area contributed by atoms with Crippen LogP contribution in [0.15, 0.2) is 48.5 Å². The highest BCUT2D eigenvalue weighted by atomic mass is 35.5. The number of rotatable bonds is 2. The molecular formula is C19H21ClN2. The molecule has 1 aliphatic heterocycles. The quantitative estimate of drug-likeness (QED) is 0.835. The zero-order valence-electron chi connectivity index (χ0n) is 12.7. The summed E-state index contributed by atoms with van der Waals surface area (Å²) in [6.07, 6.45) is 2.43. The van der Waals surface area contributed by atoms with Crippen molar-refractivity contribution in [3.63, 3.8) is 0 Å². The molecule has 114 valence electrons. The fourth-order valence-corrected chi connectivity index (χ4v) is 4.00. The predicted octanol–water partition coefficient (Wildman–Crippen LogP) is 3.63. The predicted molar refractivity (Wildman–Crippen MR) is 92.9 cm³/mol. The van der Waals surface area contributed by atoms with Gasteiger partial charge in [0.05, 0.1) is 0 Å². The van der Waals surface area contributed by atoms with Crippen LogP contribution in [0.25, 0.3) is 0 Å². The Bertz CT molecular complexity index is 637. The van der Waals surface area contributed by atoms with Gasteiger partial charge in [0.25, 0.3) is 0 Å². The van der Waals surface area contributed by atoms with Gasteiger partial charge >= 0.3 is 0 Å². The van der Waals surface area contributed by atoms with Crippen molar-refractivity contribution in [3.8, 4) is 0 Å². The molecule has 0 N–H and O–H groups in total. The Hall–Kier alpha value is -1.51. The maximum Gasteiger partial charge on any atom is 0.0426 e. The van der Waals surface area contributed by atoms with Crippen molar-refractivity contribution in [2.75, 3.05) is 31.1 Å². The van der Waals surface area contributed by atoms with Crippen LogP contribution in [-0.2, 0) is 12.8 Å². The van der Waals surface area contributed by atoms with E-state index in [0.717, 1.165) is 31.2 Å². The Morgan fingerprint density at radius 3 is 2.14 bits per heavy atom. The molecule has 0 saturated carbocycles. The van der Waals surface area contributed by atoms with E-state index in [1.165, 1.54) is 18.5 Å². The van der Waals surface area contributed by atoms with Gasteiger partial charge < -0.3 is 4.90 Å². The summed E-state index contributed by atoms with van der Waals surface area (Å²) in [5, 5.41) is 0.825. The lowest BCUT2D eigenvalue weighted by Gasteiger charge is -2.39. The largest absolute Gasteiger partial charge is 0.369 e. The summed E-state index contributed by atoms with van der Waals surface area (Å²) in [7, 11) is 0. The first kappa shape index (κ1) is 14.1. The smallest absolute Gasteiger partial charge is 0.0426 e. The second-order valence-corrected chi connectivity index (χ2v) is 6.77. The first-order valence-electron chi connectivity index (χ1n) is 8.11. The van der Waals surface area contributed by atoms with Gasteiger partial charge in [-0.05, 0) is 42.2 Å². The Morgan fingerprint density at radius 1 is 0.818 bits per heavy atom. The molecular weight excluding hydrogens is 292 g/mol. The molecule has 0 amide bonds. The first-order valence-corrected chi connectivity index (χ1v) is 8.49. The highest BCUT2D eigenvalue weighted by Crippen LogP contribution is 2.27. The number of halogens is 1. The SMILES string of the molecule is Clc1cccc(N2CCN(C3Cc4ccccc4C3)CC2)c1. The minimum absolute atomic E-state index is 0.693. The van der Waals surface area contributed by atoms with Gasteiger partial charge in [-0.3, -0.25) is 4.90 Å². The van der Waals surface area contributed by atoms with E-state index >= 15 is 0 Å². The van der Waals surface area contributed by atoms with Gasteiger partial charge in [0.1, 0.15) is 0 Å². The molecule has 0 atom stereocenters. The van der Waals surface area contributed by atoms with Crippen molar-refractivity contribution in [1.82, 2.24) is 4.90 Å². The topological polar surface area (TPSA) is 6.48 Å². The molecule has 3 heteroatoms. The van der Waals surface area contributed by atoms with E-state index in [2.05, 4.69) is 46.2 Å². The summed E-state index contributed by atoms with van der Waals surface area (Å²) in [6.45, 7) is 4.47. The summed E-state index contributed by atoms with van der Waals surface area (Å²) in [5.41, 5.74) is 4.34. The number of fused-ring (bicyclic) bond motifs is 1. The van der Waals surface area contributed by atoms with Gasteiger partial charge in [-0.1, -0.05) is 41.9 Å². The van der Waals surface area contributed by atoms with Crippen LogP contribution in [-0.4, -0.2) is 37.1 Å². The molecule has 2 aliphatic rings. The lowest BCUT2D eigenvalue weighted by molar-refractivity contribution is 0.190. The minimum atomic E-state index is 0.693. The molecule has 2 aromatic carbocycles. The summed E-state index contributed by atoms with van der Waals surface area (Å²) in [4.78, 5) is 5.12. The zero-order chi connectivity index (χ0) is 14.9. The van der Waals surface area contributed by atoms with Gasteiger partial charge in [0, 0.05) is 42.9 Å². The van der Waals surface area contributed by atoms with Crippen molar-refractivity contribution in [2.24, 2.45) is 0 Å². The molecule has 2 nitrogen and oxygen atoms in total. The van der Waals surface area contributed by atoms with Gasteiger partial charge in [0.15, 0.2) is 0 Å². The number of nitrogens with zero attached hydrogens (tertiary/aromatic N) is 2. The third-order valence-corrected chi connectivity index (χ3v) is 5.27. The van der Waals surface area contributed by atoms with Crippen LogP contribution in [0.2, 0.25) is 5.02 Å². The molecule has 0 unspecified atom stereocenters. The molecule has 1 fully saturated rings. The lowest BCUT2D eigenvalue weighted by atomic mass is 10.1. The van der Waals surface area contributed by atoms with Crippen molar-refractivity contribution >= 4 is 17.3 Å². The van der Waals surface area contributed by atoms with Crippen LogP contribution in [0.4, 0.5) is 5.69 Å². The average molecular weight is 313 g/mol. The van der Waals surface area contributed by atoms with Crippen molar-refractivity contribution in [2.45, 2.75) is 18.9 Å².